The number of nitrogens with zero attached hydrogens (tertiary/aromatic N) is 1. The summed E-state index contributed by atoms with van der Waals surface area (Å²) < 4.78 is 0. The Morgan fingerprint density at radius 3 is 2.38 bits per heavy atom. The lowest BCUT2D eigenvalue weighted by molar-refractivity contribution is -0.139. The Morgan fingerprint density at radius 1 is 1.25 bits per heavy atom. The summed E-state index contributed by atoms with van der Waals surface area (Å²) in [4.78, 5) is 34.5. The average Bonchev–Trinajstić information content (AvgIpc) is 2.42. The lowest BCUT2D eigenvalue weighted by atomic mass is 10.0. The highest BCUT2D eigenvalue weighted by Crippen LogP contribution is 2.07. The van der Waals surface area contributed by atoms with Gasteiger partial charge in [-0.3, -0.25) is 19.8 Å². The zero-order valence-corrected chi connectivity index (χ0v) is 14.6. The number of amides is 2. The van der Waals surface area contributed by atoms with E-state index >= 15 is 0 Å². The molecule has 2 amide bonds. The molecule has 0 aromatic heterocycles. The minimum absolute atomic E-state index is 0.0237. The van der Waals surface area contributed by atoms with E-state index < -0.39 is 29.9 Å². The molecular formula is C15H30N4O5. The number of hydrazine groups is 1. The van der Waals surface area contributed by atoms with E-state index in [1.54, 1.807) is 0 Å². The second kappa shape index (κ2) is 11.8. The third-order valence-corrected chi connectivity index (χ3v) is 3.22. The van der Waals surface area contributed by atoms with Crippen LogP contribution in [-0.2, 0) is 14.4 Å². The number of carbonyl (C=O) groups is 3. The van der Waals surface area contributed by atoms with E-state index in [4.69, 9.17) is 10.8 Å². The van der Waals surface area contributed by atoms with Crippen molar-refractivity contribution in [2.75, 3.05) is 20.1 Å². The topological polar surface area (TPSA) is 145 Å². The first-order valence-corrected chi connectivity index (χ1v) is 8.06. The first kappa shape index (κ1) is 22.3. The number of nitrogens with two attached hydrogens (primary N) is 1. The lowest BCUT2D eigenvalue weighted by Crippen LogP contribution is -2.47. The summed E-state index contributed by atoms with van der Waals surface area (Å²) in [6, 6.07) is -0.471. The maximum absolute atomic E-state index is 12.0. The molecule has 0 fully saturated rings. The molecule has 9 heteroatoms. The van der Waals surface area contributed by atoms with Crippen molar-refractivity contribution in [2.24, 2.45) is 11.7 Å². The highest BCUT2D eigenvalue weighted by molar-refractivity contribution is 5.82. The first-order chi connectivity index (χ1) is 11.1. The van der Waals surface area contributed by atoms with Gasteiger partial charge in [-0.15, -0.1) is 0 Å². The fourth-order valence-corrected chi connectivity index (χ4v) is 2.17. The van der Waals surface area contributed by atoms with Crippen LogP contribution >= 0.6 is 0 Å². The number of hydrogen-bond donors (Lipinski definition) is 5. The molecule has 9 nitrogen and oxygen atoms in total. The van der Waals surface area contributed by atoms with Crippen molar-refractivity contribution in [1.29, 1.82) is 0 Å². The summed E-state index contributed by atoms with van der Waals surface area (Å²) in [5, 5.41) is 22.3. The number of nitrogens with one attached hydrogen (secondary N) is 2. The van der Waals surface area contributed by atoms with Crippen LogP contribution in [0.25, 0.3) is 0 Å². The second-order valence-corrected chi connectivity index (χ2v) is 6.27. The van der Waals surface area contributed by atoms with Gasteiger partial charge in [0.1, 0.15) is 12.6 Å². The van der Waals surface area contributed by atoms with Crippen molar-refractivity contribution in [3.05, 3.63) is 0 Å². The summed E-state index contributed by atoms with van der Waals surface area (Å²) in [6.45, 7) is 3.88. The summed E-state index contributed by atoms with van der Waals surface area (Å²) >= 11 is 0. The number of aliphatic hydroxyl groups excluding tert-OH is 1. The highest BCUT2D eigenvalue weighted by atomic mass is 16.4. The van der Waals surface area contributed by atoms with Gasteiger partial charge in [0.2, 0.25) is 11.8 Å². The zero-order chi connectivity index (χ0) is 18.7. The van der Waals surface area contributed by atoms with E-state index in [2.05, 4.69) is 10.7 Å². The molecule has 0 radical (unpaired) electrons. The standard InChI is InChI=1S/C15H30N4O5/c1-10(2)7-12(20)15(24)17-11(5-4-6-16)8-13(21)18-19(3)9-14(22)23/h10-12,20H,4-9,16H2,1-3H3,(H,17,24)(H,18,21)(H,22,23)/t11-,12-/m0/s1. The summed E-state index contributed by atoms with van der Waals surface area (Å²) in [5.74, 6) is -1.83. The van der Waals surface area contributed by atoms with Crippen LogP contribution in [0.15, 0.2) is 0 Å². The molecule has 0 spiro atoms. The Bertz CT molecular complexity index is 417. The van der Waals surface area contributed by atoms with E-state index in [-0.39, 0.29) is 18.9 Å². The Morgan fingerprint density at radius 2 is 1.88 bits per heavy atom. The number of carbonyl (C=O) groups excluding carboxylic acids is 2. The molecule has 0 rings (SSSR count). The molecule has 0 aliphatic rings. The lowest BCUT2D eigenvalue weighted by Gasteiger charge is -2.22. The molecule has 0 aliphatic heterocycles. The molecule has 24 heavy (non-hydrogen) atoms. The average molecular weight is 346 g/mol. The van der Waals surface area contributed by atoms with Crippen LogP contribution in [0.1, 0.15) is 39.5 Å². The molecule has 0 aromatic carbocycles. The fourth-order valence-electron chi connectivity index (χ4n) is 2.17. The van der Waals surface area contributed by atoms with Gasteiger partial charge in [-0.25, -0.2) is 5.01 Å². The zero-order valence-electron chi connectivity index (χ0n) is 14.6. The maximum atomic E-state index is 12.0. The summed E-state index contributed by atoms with van der Waals surface area (Å²) in [5.41, 5.74) is 7.88. The van der Waals surface area contributed by atoms with Crippen LogP contribution in [0.4, 0.5) is 0 Å². The smallest absolute Gasteiger partial charge is 0.319 e. The minimum atomic E-state index is -1.12. The molecule has 0 bridgehead atoms. The second-order valence-electron chi connectivity index (χ2n) is 6.27. The summed E-state index contributed by atoms with van der Waals surface area (Å²) in [6.07, 6.45) is 0.298. The maximum Gasteiger partial charge on any atom is 0.319 e. The van der Waals surface area contributed by atoms with Crippen LogP contribution in [-0.4, -0.2) is 65.3 Å². The van der Waals surface area contributed by atoms with Gasteiger partial charge in [0.15, 0.2) is 0 Å². The van der Waals surface area contributed by atoms with Crippen molar-refractivity contribution in [3.63, 3.8) is 0 Å². The number of aliphatic carboxylic acids is 1. The van der Waals surface area contributed by atoms with E-state index in [9.17, 15) is 19.5 Å². The number of rotatable bonds is 12. The predicted octanol–water partition coefficient (Wildman–Crippen LogP) is -0.945. The summed E-state index contributed by atoms with van der Waals surface area (Å²) in [7, 11) is 1.44. The molecule has 0 saturated carbocycles. The van der Waals surface area contributed by atoms with E-state index in [0.717, 1.165) is 5.01 Å². The van der Waals surface area contributed by atoms with Gasteiger partial charge in [-0.2, -0.15) is 0 Å². The monoisotopic (exact) mass is 346 g/mol. The largest absolute Gasteiger partial charge is 0.480 e. The number of carboxylic acid groups (broad SMARTS) is 1. The molecule has 0 heterocycles. The van der Waals surface area contributed by atoms with Crippen LogP contribution < -0.4 is 16.5 Å². The Balaban J connectivity index is 4.56. The van der Waals surface area contributed by atoms with E-state index in [0.29, 0.717) is 25.8 Å². The molecule has 2 atom stereocenters. The fraction of sp³-hybridized carbons (Fsp3) is 0.800. The predicted molar refractivity (Wildman–Crippen MR) is 88.7 cm³/mol. The van der Waals surface area contributed by atoms with E-state index in [1.807, 2.05) is 13.8 Å². The number of likely N-dealkylation sites (N-methyl/N-ethyl adjacent to an activating group) is 1. The molecule has 140 valence electrons. The van der Waals surface area contributed by atoms with Crippen molar-refractivity contribution in [1.82, 2.24) is 15.8 Å². The minimum Gasteiger partial charge on any atom is -0.480 e. The molecule has 0 saturated heterocycles. The van der Waals surface area contributed by atoms with Crippen molar-refractivity contribution >= 4 is 17.8 Å². The van der Waals surface area contributed by atoms with E-state index in [1.165, 1.54) is 7.05 Å². The van der Waals surface area contributed by atoms with Gasteiger partial charge in [-0.05, 0) is 31.7 Å². The van der Waals surface area contributed by atoms with Crippen molar-refractivity contribution < 1.29 is 24.6 Å². The first-order valence-electron chi connectivity index (χ1n) is 8.06. The van der Waals surface area contributed by atoms with Crippen molar-refractivity contribution in [2.45, 2.75) is 51.7 Å². The molecular weight excluding hydrogens is 316 g/mol. The van der Waals surface area contributed by atoms with Gasteiger partial charge in [0.25, 0.3) is 0 Å². The molecule has 6 N–H and O–H groups in total. The Labute approximate surface area is 142 Å². The van der Waals surface area contributed by atoms with Gasteiger partial charge in [-0.1, -0.05) is 13.8 Å². The van der Waals surface area contributed by atoms with Crippen LogP contribution in [0, 0.1) is 5.92 Å². The van der Waals surface area contributed by atoms with Crippen LogP contribution in [0.3, 0.4) is 0 Å². The highest BCUT2D eigenvalue weighted by Gasteiger charge is 2.22. The molecule has 0 unspecified atom stereocenters. The van der Waals surface area contributed by atoms with Crippen molar-refractivity contribution in [3.8, 4) is 0 Å². The van der Waals surface area contributed by atoms with Gasteiger partial charge in [0.05, 0.1) is 0 Å². The number of aliphatic hydroxyl groups is 1. The van der Waals surface area contributed by atoms with Gasteiger partial charge < -0.3 is 21.3 Å². The third-order valence-electron chi connectivity index (χ3n) is 3.22. The third kappa shape index (κ3) is 10.9. The number of hydrogen-bond acceptors (Lipinski definition) is 6. The van der Waals surface area contributed by atoms with Gasteiger partial charge in [0, 0.05) is 19.5 Å². The molecule has 0 aromatic rings. The number of carboxylic acids is 1. The van der Waals surface area contributed by atoms with Gasteiger partial charge >= 0.3 is 5.97 Å². The van der Waals surface area contributed by atoms with Crippen LogP contribution in [0.2, 0.25) is 0 Å². The Kier molecular flexibility index (Phi) is 10.9. The normalized spacial score (nSPS) is 13.6. The quantitative estimate of drug-likeness (QED) is 0.287. The van der Waals surface area contributed by atoms with Crippen LogP contribution in [0.5, 0.6) is 0 Å². The molecule has 0 aliphatic carbocycles. The SMILES string of the molecule is CC(C)C[C@H](O)C(=O)N[C@@H](CCCN)CC(=O)NN(C)CC(=O)O. The Hall–Kier alpha value is -1.71.